The molecule has 0 radical (unpaired) electrons. The molecule has 7 heteroatoms. The first-order valence-corrected chi connectivity index (χ1v) is 7.33. The van der Waals surface area contributed by atoms with Crippen molar-refractivity contribution in [3.8, 4) is 0 Å². The second kappa shape index (κ2) is 7.59. The maximum atomic E-state index is 13.5. The quantitative estimate of drug-likeness (QED) is 0.774. The highest BCUT2D eigenvalue weighted by atomic mass is 79.9. The third-order valence-electron chi connectivity index (χ3n) is 2.33. The van der Waals surface area contributed by atoms with Gasteiger partial charge >= 0.3 is 6.09 Å². The van der Waals surface area contributed by atoms with E-state index in [1.165, 1.54) is 6.07 Å². The number of nitrogens with one attached hydrogen (secondary N) is 2. The van der Waals surface area contributed by atoms with Crippen molar-refractivity contribution in [2.24, 2.45) is 0 Å². The van der Waals surface area contributed by atoms with E-state index in [2.05, 4.69) is 26.6 Å². The van der Waals surface area contributed by atoms with Crippen LogP contribution < -0.4 is 10.6 Å². The SMILES string of the molecule is CC(C)(C)OC(=O)NCCCNc1c(F)cc(F)cc1Br. The van der Waals surface area contributed by atoms with Crippen molar-refractivity contribution >= 4 is 27.7 Å². The maximum absolute atomic E-state index is 13.5. The molecule has 0 atom stereocenters. The van der Waals surface area contributed by atoms with Crippen LogP contribution in [0.1, 0.15) is 27.2 Å². The molecule has 2 N–H and O–H groups in total. The smallest absolute Gasteiger partial charge is 0.407 e. The van der Waals surface area contributed by atoms with Crippen molar-refractivity contribution in [1.82, 2.24) is 5.32 Å². The third-order valence-corrected chi connectivity index (χ3v) is 2.96. The zero-order chi connectivity index (χ0) is 16.0. The van der Waals surface area contributed by atoms with Gasteiger partial charge in [0.15, 0.2) is 0 Å². The average Bonchev–Trinajstić information content (AvgIpc) is 2.29. The fourth-order valence-corrected chi connectivity index (χ4v) is 2.07. The standard InChI is InChI=1S/C14H19BrF2N2O2/c1-14(2,3)21-13(20)19-6-4-5-18-12-10(15)7-9(16)8-11(12)17/h7-8,18H,4-6H2,1-3H3,(H,19,20). The lowest BCUT2D eigenvalue weighted by molar-refractivity contribution is 0.0528. The molecule has 1 aromatic rings. The summed E-state index contributed by atoms with van der Waals surface area (Å²) in [5, 5.41) is 5.45. The van der Waals surface area contributed by atoms with Crippen LogP contribution in [0.3, 0.4) is 0 Å². The summed E-state index contributed by atoms with van der Waals surface area (Å²) in [6.07, 6.45) is 0.0827. The fourth-order valence-electron chi connectivity index (χ4n) is 1.52. The van der Waals surface area contributed by atoms with E-state index in [9.17, 15) is 13.6 Å². The number of benzene rings is 1. The van der Waals surface area contributed by atoms with Crippen molar-refractivity contribution < 1.29 is 18.3 Å². The van der Waals surface area contributed by atoms with Gasteiger partial charge < -0.3 is 15.4 Å². The lowest BCUT2D eigenvalue weighted by Crippen LogP contribution is -2.33. The molecule has 0 bridgehead atoms. The fraction of sp³-hybridized carbons (Fsp3) is 0.500. The zero-order valence-corrected chi connectivity index (χ0v) is 13.8. The van der Waals surface area contributed by atoms with Gasteiger partial charge in [-0.2, -0.15) is 0 Å². The number of hydrogen-bond donors (Lipinski definition) is 2. The van der Waals surface area contributed by atoms with Gasteiger partial charge in [-0.25, -0.2) is 13.6 Å². The van der Waals surface area contributed by atoms with E-state index in [-0.39, 0.29) is 5.69 Å². The second-order valence-electron chi connectivity index (χ2n) is 5.45. The van der Waals surface area contributed by atoms with Crippen LogP contribution in [0.5, 0.6) is 0 Å². The van der Waals surface area contributed by atoms with Crippen LogP contribution in [-0.4, -0.2) is 24.8 Å². The number of ether oxygens (including phenoxy) is 1. The van der Waals surface area contributed by atoms with Gasteiger partial charge in [-0.05, 0) is 49.2 Å². The molecule has 21 heavy (non-hydrogen) atoms. The van der Waals surface area contributed by atoms with E-state index in [0.29, 0.717) is 24.0 Å². The first-order chi connectivity index (χ1) is 9.69. The summed E-state index contributed by atoms with van der Waals surface area (Å²) in [7, 11) is 0. The van der Waals surface area contributed by atoms with Crippen molar-refractivity contribution in [2.75, 3.05) is 18.4 Å². The van der Waals surface area contributed by atoms with Gasteiger partial charge in [0, 0.05) is 23.6 Å². The van der Waals surface area contributed by atoms with E-state index in [1.807, 2.05) is 0 Å². The van der Waals surface area contributed by atoms with Gasteiger partial charge in [-0.1, -0.05) is 0 Å². The van der Waals surface area contributed by atoms with E-state index >= 15 is 0 Å². The van der Waals surface area contributed by atoms with Gasteiger partial charge in [0.25, 0.3) is 0 Å². The first-order valence-electron chi connectivity index (χ1n) is 6.54. The highest BCUT2D eigenvalue weighted by Gasteiger charge is 2.15. The highest BCUT2D eigenvalue weighted by molar-refractivity contribution is 9.10. The molecule has 0 fully saturated rings. The van der Waals surface area contributed by atoms with E-state index in [1.54, 1.807) is 20.8 Å². The van der Waals surface area contributed by atoms with Crippen LogP contribution in [0.4, 0.5) is 19.3 Å². The molecule has 0 saturated carbocycles. The van der Waals surface area contributed by atoms with Crippen molar-refractivity contribution in [3.05, 3.63) is 28.2 Å². The molecular formula is C14H19BrF2N2O2. The van der Waals surface area contributed by atoms with Gasteiger partial charge in [0.1, 0.15) is 17.2 Å². The second-order valence-corrected chi connectivity index (χ2v) is 6.31. The van der Waals surface area contributed by atoms with Crippen LogP contribution >= 0.6 is 15.9 Å². The summed E-state index contributed by atoms with van der Waals surface area (Å²) in [5.74, 6) is -1.31. The average molecular weight is 365 g/mol. The summed E-state index contributed by atoms with van der Waals surface area (Å²) >= 11 is 3.09. The van der Waals surface area contributed by atoms with E-state index in [0.717, 1.165) is 6.07 Å². The molecule has 1 aromatic carbocycles. The van der Waals surface area contributed by atoms with Crippen molar-refractivity contribution in [3.63, 3.8) is 0 Å². The number of hydrogen-bond acceptors (Lipinski definition) is 3. The van der Waals surface area contributed by atoms with Crippen molar-refractivity contribution in [1.29, 1.82) is 0 Å². The summed E-state index contributed by atoms with van der Waals surface area (Å²) < 4.78 is 31.8. The van der Waals surface area contributed by atoms with Crippen LogP contribution in [0.15, 0.2) is 16.6 Å². The minimum atomic E-state index is -0.665. The summed E-state index contributed by atoms with van der Waals surface area (Å²) in [5.41, 5.74) is -0.335. The molecular weight excluding hydrogens is 346 g/mol. The van der Waals surface area contributed by atoms with E-state index < -0.39 is 23.3 Å². The number of anilines is 1. The third kappa shape index (κ3) is 6.75. The number of rotatable bonds is 5. The Kier molecular flexibility index (Phi) is 6.39. The molecule has 4 nitrogen and oxygen atoms in total. The minimum absolute atomic E-state index is 0.202. The predicted octanol–water partition coefficient (Wildman–Crippen LogP) is 4.05. The molecule has 0 heterocycles. The minimum Gasteiger partial charge on any atom is -0.444 e. The number of amides is 1. The Morgan fingerprint density at radius 3 is 2.52 bits per heavy atom. The Bertz CT molecular complexity index is 481. The van der Waals surface area contributed by atoms with Crippen LogP contribution in [-0.2, 0) is 4.74 Å². The normalized spacial score (nSPS) is 11.1. The summed E-state index contributed by atoms with van der Waals surface area (Å²) in [6, 6.07) is 2.00. The maximum Gasteiger partial charge on any atom is 0.407 e. The number of carbonyl (C=O) groups is 1. The first kappa shape index (κ1) is 17.7. The number of alkyl carbamates (subject to hydrolysis) is 1. The Morgan fingerprint density at radius 1 is 1.29 bits per heavy atom. The molecule has 0 aliphatic carbocycles. The predicted molar refractivity (Wildman–Crippen MR) is 81.4 cm³/mol. The molecule has 0 aliphatic rings. The molecule has 0 spiro atoms. The van der Waals surface area contributed by atoms with Gasteiger partial charge in [-0.3, -0.25) is 0 Å². The summed E-state index contributed by atoms with van der Waals surface area (Å²) in [4.78, 5) is 11.4. The number of halogens is 3. The lowest BCUT2D eigenvalue weighted by atomic mass is 10.2. The Hall–Kier alpha value is -1.37. The van der Waals surface area contributed by atoms with Crippen molar-refractivity contribution in [2.45, 2.75) is 32.8 Å². The molecule has 118 valence electrons. The van der Waals surface area contributed by atoms with E-state index in [4.69, 9.17) is 4.74 Å². The molecule has 0 aromatic heterocycles. The summed E-state index contributed by atoms with van der Waals surface area (Å²) in [6.45, 7) is 6.16. The zero-order valence-electron chi connectivity index (χ0n) is 12.2. The topological polar surface area (TPSA) is 50.4 Å². The highest BCUT2D eigenvalue weighted by Crippen LogP contribution is 2.26. The van der Waals surface area contributed by atoms with Crippen LogP contribution in [0.25, 0.3) is 0 Å². The Labute approximate surface area is 131 Å². The van der Waals surface area contributed by atoms with Gasteiger partial charge in [0.05, 0.1) is 5.69 Å². The number of carbonyl (C=O) groups excluding carboxylic acids is 1. The molecule has 0 saturated heterocycles. The molecule has 0 unspecified atom stereocenters. The van der Waals surface area contributed by atoms with Gasteiger partial charge in [0.2, 0.25) is 0 Å². The molecule has 0 aliphatic heterocycles. The largest absolute Gasteiger partial charge is 0.444 e. The lowest BCUT2D eigenvalue weighted by Gasteiger charge is -2.19. The van der Waals surface area contributed by atoms with Crippen LogP contribution in [0, 0.1) is 11.6 Å². The van der Waals surface area contributed by atoms with Gasteiger partial charge in [-0.15, -0.1) is 0 Å². The Balaban J connectivity index is 2.31. The molecule has 1 rings (SSSR count). The Morgan fingerprint density at radius 2 is 1.95 bits per heavy atom. The monoisotopic (exact) mass is 364 g/mol. The van der Waals surface area contributed by atoms with Crippen LogP contribution in [0.2, 0.25) is 0 Å². The molecule has 1 amide bonds.